The van der Waals surface area contributed by atoms with Crippen molar-refractivity contribution in [3.63, 3.8) is 0 Å². The SMILES string of the molecule is CC(=S)Nc1ccc(S(=O)(=O)N2CCCCC2)cc1. The van der Waals surface area contributed by atoms with E-state index >= 15 is 0 Å². The molecule has 4 nitrogen and oxygen atoms in total. The van der Waals surface area contributed by atoms with Crippen LogP contribution in [0, 0.1) is 0 Å². The Morgan fingerprint density at radius 1 is 1.16 bits per heavy atom. The molecule has 1 fully saturated rings. The molecule has 0 aromatic heterocycles. The van der Waals surface area contributed by atoms with Crippen LogP contribution in [0.2, 0.25) is 0 Å². The van der Waals surface area contributed by atoms with E-state index < -0.39 is 10.0 Å². The predicted octanol–water partition coefficient (Wildman–Crippen LogP) is 2.62. The molecule has 104 valence electrons. The zero-order valence-corrected chi connectivity index (χ0v) is 12.6. The zero-order chi connectivity index (χ0) is 13.9. The Kier molecular flexibility index (Phi) is 4.54. The van der Waals surface area contributed by atoms with Crippen LogP contribution in [0.15, 0.2) is 29.2 Å². The number of piperidine rings is 1. The van der Waals surface area contributed by atoms with Crippen molar-refractivity contribution >= 4 is 32.9 Å². The first-order valence-corrected chi connectivity index (χ1v) is 8.23. The van der Waals surface area contributed by atoms with Crippen molar-refractivity contribution in [1.29, 1.82) is 0 Å². The van der Waals surface area contributed by atoms with Gasteiger partial charge in [-0.25, -0.2) is 8.42 Å². The highest BCUT2D eigenvalue weighted by atomic mass is 32.2. The molecular formula is C13H18N2O2S2. The van der Waals surface area contributed by atoms with E-state index in [9.17, 15) is 8.42 Å². The van der Waals surface area contributed by atoms with Gasteiger partial charge in [-0.2, -0.15) is 4.31 Å². The van der Waals surface area contributed by atoms with Crippen LogP contribution in [0.4, 0.5) is 5.69 Å². The fourth-order valence-electron chi connectivity index (χ4n) is 2.17. The maximum atomic E-state index is 12.4. The van der Waals surface area contributed by atoms with Crippen LogP contribution >= 0.6 is 12.2 Å². The zero-order valence-electron chi connectivity index (χ0n) is 10.9. The van der Waals surface area contributed by atoms with Crippen LogP contribution in [-0.2, 0) is 10.0 Å². The first-order valence-electron chi connectivity index (χ1n) is 6.38. The molecule has 1 aliphatic heterocycles. The van der Waals surface area contributed by atoms with Gasteiger partial charge >= 0.3 is 0 Å². The van der Waals surface area contributed by atoms with E-state index in [1.165, 1.54) is 0 Å². The molecule has 1 saturated heterocycles. The summed E-state index contributed by atoms with van der Waals surface area (Å²) in [6.07, 6.45) is 3.01. The summed E-state index contributed by atoms with van der Waals surface area (Å²) >= 11 is 4.95. The molecule has 6 heteroatoms. The van der Waals surface area contributed by atoms with Crippen molar-refractivity contribution in [2.24, 2.45) is 0 Å². The summed E-state index contributed by atoms with van der Waals surface area (Å²) in [7, 11) is -3.33. The second-order valence-corrected chi connectivity index (χ2v) is 7.22. The minimum atomic E-state index is -3.33. The average molecular weight is 298 g/mol. The van der Waals surface area contributed by atoms with E-state index in [0.29, 0.717) is 23.0 Å². The molecule has 19 heavy (non-hydrogen) atoms. The van der Waals surface area contributed by atoms with E-state index in [2.05, 4.69) is 5.32 Å². The van der Waals surface area contributed by atoms with E-state index in [1.54, 1.807) is 35.5 Å². The highest BCUT2D eigenvalue weighted by Gasteiger charge is 2.25. The number of benzene rings is 1. The monoisotopic (exact) mass is 298 g/mol. The van der Waals surface area contributed by atoms with Crippen molar-refractivity contribution in [3.8, 4) is 0 Å². The third-order valence-electron chi connectivity index (χ3n) is 3.13. The Hall–Kier alpha value is -0.980. The quantitative estimate of drug-likeness (QED) is 0.872. The van der Waals surface area contributed by atoms with Crippen LogP contribution in [-0.4, -0.2) is 30.8 Å². The van der Waals surface area contributed by atoms with Crippen molar-refractivity contribution in [2.75, 3.05) is 18.4 Å². The minimum Gasteiger partial charge on any atom is -0.350 e. The summed E-state index contributed by atoms with van der Waals surface area (Å²) in [5.74, 6) is 0. The predicted molar refractivity (Wildman–Crippen MR) is 80.9 cm³/mol. The molecule has 0 amide bonds. The average Bonchev–Trinajstić information content (AvgIpc) is 2.40. The molecule has 0 saturated carbocycles. The molecule has 0 spiro atoms. The molecule has 1 aliphatic rings. The molecule has 0 unspecified atom stereocenters. The summed E-state index contributed by atoms with van der Waals surface area (Å²) < 4.78 is 26.4. The summed E-state index contributed by atoms with van der Waals surface area (Å²) in [5, 5.41) is 2.99. The first kappa shape index (κ1) is 14.4. The standard InChI is InChI=1S/C13H18N2O2S2/c1-11(18)14-12-5-7-13(8-6-12)19(16,17)15-9-3-2-4-10-15/h5-8H,2-4,9-10H2,1H3,(H,14,18). The van der Waals surface area contributed by atoms with Gasteiger partial charge in [-0.05, 0) is 44.0 Å². The lowest BCUT2D eigenvalue weighted by Crippen LogP contribution is -2.35. The fourth-order valence-corrected chi connectivity index (χ4v) is 3.80. The van der Waals surface area contributed by atoms with E-state index in [1.807, 2.05) is 0 Å². The van der Waals surface area contributed by atoms with Crippen LogP contribution in [0.5, 0.6) is 0 Å². The molecule has 1 heterocycles. The summed E-state index contributed by atoms with van der Waals surface area (Å²) in [6, 6.07) is 6.74. The van der Waals surface area contributed by atoms with Crippen molar-refractivity contribution in [2.45, 2.75) is 31.1 Å². The van der Waals surface area contributed by atoms with Crippen LogP contribution < -0.4 is 5.32 Å². The normalized spacial score (nSPS) is 17.1. The number of nitrogens with one attached hydrogen (secondary N) is 1. The highest BCUT2D eigenvalue weighted by Crippen LogP contribution is 2.21. The van der Waals surface area contributed by atoms with Gasteiger partial charge in [-0.1, -0.05) is 18.6 Å². The maximum absolute atomic E-state index is 12.4. The van der Waals surface area contributed by atoms with Gasteiger partial charge in [0.15, 0.2) is 0 Å². The van der Waals surface area contributed by atoms with Gasteiger partial charge < -0.3 is 5.32 Å². The van der Waals surface area contributed by atoms with Crippen molar-refractivity contribution < 1.29 is 8.42 Å². The number of anilines is 1. The topological polar surface area (TPSA) is 49.4 Å². The first-order chi connectivity index (χ1) is 9.00. The minimum absolute atomic E-state index is 0.349. The van der Waals surface area contributed by atoms with Crippen LogP contribution in [0.3, 0.4) is 0 Å². The molecular weight excluding hydrogens is 280 g/mol. The van der Waals surface area contributed by atoms with Crippen molar-refractivity contribution in [3.05, 3.63) is 24.3 Å². The molecule has 1 aromatic carbocycles. The Bertz CT molecular complexity index is 547. The molecule has 0 aliphatic carbocycles. The lowest BCUT2D eigenvalue weighted by atomic mass is 10.2. The number of thiocarbonyl (C=S) groups is 1. The van der Waals surface area contributed by atoms with Crippen LogP contribution in [0.25, 0.3) is 0 Å². The number of hydrogen-bond acceptors (Lipinski definition) is 3. The Labute approximate surface area is 119 Å². The maximum Gasteiger partial charge on any atom is 0.243 e. The van der Waals surface area contributed by atoms with Gasteiger partial charge in [0.05, 0.1) is 9.88 Å². The van der Waals surface area contributed by atoms with Crippen molar-refractivity contribution in [1.82, 2.24) is 4.31 Å². The van der Waals surface area contributed by atoms with Crippen LogP contribution in [0.1, 0.15) is 26.2 Å². The van der Waals surface area contributed by atoms with Gasteiger partial charge in [0.25, 0.3) is 0 Å². The highest BCUT2D eigenvalue weighted by molar-refractivity contribution is 7.89. The third-order valence-corrected chi connectivity index (χ3v) is 5.14. The number of rotatable bonds is 3. The number of nitrogens with zero attached hydrogens (tertiary/aromatic N) is 1. The van der Waals surface area contributed by atoms with Gasteiger partial charge in [0, 0.05) is 18.8 Å². The summed E-state index contributed by atoms with van der Waals surface area (Å²) in [4.78, 5) is 1.01. The summed E-state index contributed by atoms with van der Waals surface area (Å²) in [6.45, 7) is 3.04. The second-order valence-electron chi connectivity index (χ2n) is 4.67. The molecule has 2 rings (SSSR count). The van der Waals surface area contributed by atoms with E-state index in [4.69, 9.17) is 12.2 Å². The molecule has 1 N–H and O–H groups in total. The Morgan fingerprint density at radius 3 is 2.26 bits per heavy atom. The third kappa shape index (κ3) is 3.52. The van der Waals surface area contributed by atoms with Gasteiger partial charge in [0.1, 0.15) is 0 Å². The van der Waals surface area contributed by atoms with Gasteiger partial charge in [0.2, 0.25) is 10.0 Å². The smallest absolute Gasteiger partial charge is 0.243 e. The van der Waals surface area contributed by atoms with E-state index in [-0.39, 0.29) is 0 Å². The molecule has 0 atom stereocenters. The van der Waals surface area contributed by atoms with Gasteiger partial charge in [-0.3, -0.25) is 0 Å². The molecule has 0 radical (unpaired) electrons. The second kappa shape index (κ2) is 5.98. The fraction of sp³-hybridized carbons (Fsp3) is 0.462. The number of hydrogen-bond donors (Lipinski definition) is 1. The van der Waals surface area contributed by atoms with Gasteiger partial charge in [-0.15, -0.1) is 0 Å². The summed E-state index contributed by atoms with van der Waals surface area (Å²) in [5.41, 5.74) is 0.810. The molecule has 1 aromatic rings. The lowest BCUT2D eigenvalue weighted by molar-refractivity contribution is 0.346. The lowest BCUT2D eigenvalue weighted by Gasteiger charge is -2.25. The largest absolute Gasteiger partial charge is 0.350 e. The Balaban J connectivity index is 2.18. The molecule has 0 bridgehead atoms. The Morgan fingerprint density at radius 2 is 1.74 bits per heavy atom. The van der Waals surface area contributed by atoms with E-state index in [0.717, 1.165) is 24.9 Å². The number of sulfonamides is 1.